The van der Waals surface area contributed by atoms with Gasteiger partial charge in [0.1, 0.15) is 12.6 Å². The summed E-state index contributed by atoms with van der Waals surface area (Å²) in [6, 6.07) is 4.57. The molecule has 0 unspecified atom stereocenters. The molecule has 9 nitrogen and oxygen atoms in total. The number of aliphatic hydroxyl groups excluding tert-OH is 1. The number of ether oxygens (including phenoxy) is 1. The normalized spacial score (nSPS) is 20.8. The van der Waals surface area contributed by atoms with Crippen LogP contribution in [0.3, 0.4) is 0 Å². The summed E-state index contributed by atoms with van der Waals surface area (Å²) in [7, 11) is 0. The second kappa shape index (κ2) is 7.05. The minimum atomic E-state index is -1.29. The molecule has 0 spiro atoms. The predicted molar refractivity (Wildman–Crippen MR) is 76.7 cm³/mol. The molecule has 0 aliphatic carbocycles. The molecule has 1 aromatic rings. The maximum atomic E-state index is 12.1. The SMILES string of the molecule is O=C(OCc1ccc([N+](=O)[O-])cc1)[C@@H]1CC[C@H](O)CN1C(=O)O. The number of nitro groups is 1. The molecule has 1 aromatic carbocycles. The Morgan fingerprint density at radius 2 is 1.96 bits per heavy atom. The monoisotopic (exact) mass is 324 g/mol. The van der Waals surface area contributed by atoms with Crippen LogP contribution in [0.2, 0.25) is 0 Å². The maximum Gasteiger partial charge on any atom is 0.408 e. The average molecular weight is 324 g/mol. The van der Waals surface area contributed by atoms with Crippen molar-refractivity contribution in [1.82, 2.24) is 4.90 Å². The maximum absolute atomic E-state index is 12.1. The van der Waals surface area contributed by atoms with Crippen LogP contribution in [0, 0.1) is 10.1 Å². The Bertz CT molecular complexity index is 602. The topological polar surface area (TPSA) is 130 Å². The van der Waals surface area contributed by atoms with Gasteiger partial charge in [-0.25, -0.2) is 9.59 Å². The van der Waals surface area contributed by atoms with E-state index in [9.17, 15) is 24.8 Å². The van der Waals surface area contributed by atoms with Crippen LogP contribution in [0.15, 0.2) is 24.3 Å². The van der Waals surface area contributed by atoms with Crippen LogP contribution >= 0.6 is 0 Å². The van der Waals surface area contributed by atoms with Gasteiger partial charge in [0.25, 0.3) is 5.69 Å². The number of aliphatic hydroxyl groups is 1. The van der Waals surface area contributed by atoms with Crippen molar-refractivity contribution >= 4 is 17.7 Å². The first-order valence-electron chi connectivity index (χ1n) is 6.96. The molecular formula is C14H16N2O7. The summed E-state index contributed by atoms with van der Waals surface area (Å²) < 4.78 is 5.09. The number of likely N-dealkylation sites (tertiary alicyclic amines) is 1. The lowest BCUT2D eigenvalue weighted by Crippen LogP contribution is -2.52. The molecule has 9 heteroatoms. The van der Waals surface area contributed by atoms with E-state index in [1.165, 1.54) is 24.3 Å². The van der Waals surface area contributed by atoms with E-state index in [1.54, 1.807) is 0 Å². The lowest BCUT2D eigenvalue weighted by atomic mass is 10.0. The number of non-ortho nitro benzene ring substituents is 1. The smallest absolute Gasteiger partial charge is 0.408 e. The highest BCUT2D eigenvalue weighted by Crippen LogP contribution is 2.20. The van der Waals surface area contributed by atoms with Crippen LogP contribution in [0.4, 0.5) is 10.5 Å². The number of carbonyl (C=O) groups is 2. The van der Waals surface area contributed by atoms with Gasteiger partial charge in [-0.2, -0.15) is 0 Å². The number of esters is 1. The molecule has 1 fully saturated rings. The Hall–Kier alpha value is -2.68. The third kappa shape index (κ3) is 4.16. The molecular weight excluding hydrogens is 308 g/mol. The van der Waals surface area contributed by atoms with Crippen LogP contribution in [-0.4, -0.2) is 50.8 Å². The van der Waals surface area contributed by atoms with E-state index in [1.807, 2.05) is 0 Å². The van der Waals surface area contributed by atoms with Crippen molar-refractivity contribution in [3.8, 4) is 0 Å². The van der Waals surface area contributed by atoms with Gasteiger partial charge in [0, 0.05) is 12.1 Å². The van der Waals surface area contributed by atoms with Crippen LogP contribution in [0.25, 0.3) is 0 Å². The second-order valence-corrected chi connectivity index (χ2v) is 5.21. The van der Waals surface area contributed by atoms with Crippen molar-refractivity contribution in [3.05, 3.63) is 39.9 Å². The Kier molecular flexibility index (Phi) is 5.12. The first-order chi connectivity index (χ1) is 10.9. The number of carboxylic acid groups (broad SMARTS) is 1. The van der Waals surface area contributed by atoms with Crippen LogP contribution in [-0.2, 0) is 16.1 Å². The van der Waals surface area contributed by atoms with Crippen molar-refractivity contribution in [2.75, 3.05) is 6.54 Å². The van der Waals surface area contributed by atoms with Gasteiger partial charge < -0.3 is 14.9 Å². The van der Waals surface area contributed by atoms with Crippen LogP contribution in [0.1, 0.15) is 18.4 Å². The number of β-amino-alcohol motifs (C(OH)–C–C–N with tert-alkyl or cyclic N) is 1. The van der Waals surface area contributed by atoms with E-state index < -0.39 is 29.1 Å². The third-order valence-electron chi connectivity index (χ3n) is 3.60. The third-order valence-corrected chi connectivity index (χ3v) is 3.60. The second-order valence-electron chi connectivity index (χ2n) is 5.21. The molecule has 0 saturated carbocycles. The fourth-order valence-corrected chi connectivity index (χ4v) is 2.37. The number of piperidine rings is 1. The summed E-state index contributed by atoms with van der Waals surface area (Å²) in [4.78, 5) is 34.1. The van der Waals surface area contributed by atoms with E-state index in [-0.39, 0.29) is 25.3 Å². The predicted octanol–water partition coefficient (Wildman–Crippen LogP) is 1.14. The van der Waals surface area contributed by atoms with E-state index in [2.05, 4.69) is 0 Å². The van der Waals surface area contributed by atoms with Crippen molar-refractivity contribution in [3.63, 3.8) is 0 Å². The van der Waals surface area contributed by atoms with E-state index >= 15 is 0 Å². The number of carbonyl (C=O) groups excluding carboxylic acids is 1. The number of nitro benzene ring substituents is 1. The fourth-order valence-electron chi connectivity index (χ4n) is 2.37. The number of hydrogen-bond donors (Lipinski definition) is 2. The Labute approximate surface area is 131 Å². The molecule has 1 aliphatic rings. The summed E-state index contributed by atoms with van der Waals surface area (Å²) in [5.74, 6) is -0.697. The van der Waals surface area contributed by atoms with Crippen LogP contribution in [0.5, 0.6) is 0 Å². The largest absolute Gasteiger partial charge is 0.465 e. The minimum Gasteiger partial charge on any atom is -0.465 e. The summed E-state index contributed by atoms with van der Waals surface area (Å²) in [5.41, 5.74) is 0.486. The number of rotatable bonds is 4. The van der Waals surface area contributed by atoms with E-state index in [0.717, 1.165) is 4.90 Å². The fraction of sp³-hybridized carbons (Fsp3) is 0.429. The van der Waals surface area contributed by atoms with Gasteiger partial charge in [-0.15, -0.1) is 0 Å². The Morgan fingerprint density at radius 3 is 2.52 bits per heavy atom. The van der Waals surface area contributed by atoms with Crippen molar-refractivity contribution in [1.29, 1.82) is 0 Å². The highest BCUT2D eigenvalue weighted by atomic mass is 16.6. The zero-order valence-electron chi connectivity index (χ0n) is 12.1. The highest BCUT2D eigenvalue weighted by molar-refractivity contribution is 5.81. The molecule has 2 rings (SSSR count). The van der Waals surface area contributed by atoms with Crippen molar-refractivity contribution < 1.29 is 29.5 Å². The summed E-state index contributed by atoms with van der Waals surface area (Å²) >= 11 is 0. The van der Waals surface area contributed by atoms with Gasteiger partial charge in [0.2, 0.25) is 0 Å². The lowest BCUT2D eigenvalue weighted by molar-refractivity contribution is -0.384. The highest BCUT2D eigenvalue weighted by Gasteiger charge is 2.36. The van der Waals surface area contributed by atoms with Gasteiger partial charge in [0.15, 0.2) is 0 Å². The minimum absolute atomic E-state index is 0.0709. The van der Waals surface area contributed by atoms with Crippen molar-refractivity contribution in [2.45, 2.75) is 31.6 Å². The number of amides is 1. The molecule has 1 amide bonds. The average Bonchev–Trinajstić information content (AvgIpc) is 2.52. The summed E-state index contributed by atoms with van der Waals surface area (Å²) in [5, 5.41) is 29.1. The zero-order valence-corrected chi connectivity index (χ0v) is 12.1. The van der Waals surface area contributed by atoms with Gasteiger partial charge in [-0.05, 0) is 30.5 Å². The van der Waals surface area contributed by atoms with E-state index in [0.29, 0.717) is 12.0 Å². The molecule has 0 aromatic heterocycles. The number of hydrogen-bond acceptors (Lipinski definition) is 6. The number of benzene rings is 1. The van der Waals surface area contributed by atoms with Gasteiger partial charge in [-0.3, -0.25) is 15.0 Å². The van der Waals surface area contributed by atoms with Crippen molar-refractivity contribution in [2.24, 2.45) is 0 Å². The molecule has 1 saturated heterocycles. The standard InChI is InChI=1S/C14H16N2O7/c17-11-5-6-12(15(7-11)14(19)20)13(18)23-8-9-1-3-10(4-2-9)16(21)22/h1-4,11-12,17H,5-8H2,(H,19,20)/t11-,12-/m0/s1. The van der Waals surface area contributed by atoms with Gasteiger partial charge >= 0.3 is 12.1 Å². The molecule has 23 heavy (non-hydrogen) atoms. The van der Waals surface area contributed by atoms with Gasteiger partial charge in [0.05, 0.1) is 17.6 Å². The molecule has 1 aliphatic heterocycles. The summed E-state index contributed by atoms with van der Waals surface area (Å²) in [6.07, 6.45) is -1.57. The van der Waals surface area contributed by atoms with Gasteiger partial charge in [-0.1, -0.05) is 0 Å². The first-order valence-corrected chi connectivity index (χ1v) is 6.96. The van der Waals surface area contributed by atoms with E-state index in [4.69, 9.17) is 9.84 Å². The molecule has 2 N–H and O–H groups in total. The Morgan fingerprint density at radius 1 is 1.30 bits per heavy atom. The Balaban J connectivity index is 1.95. The molecule has 1 heterocycles. The molecule has 124 valence electrons. The molecule has 2 atom stereocenters. The quantitative estimate of drug-likeness (QED) is 0.482. The molecule has 0 radical (unpaired) electrons. The number of nitrogens with zero attached hydrogens (tertiary/aromatic N) is 2. The molecule has 0 bridgehead atoms. The zero-order chi connectivity index (χ0) is 17.0. The van der Waals surface area contributed by atoms with Crippen LogP contribution < -0.4 is 0 Å². The first kappa shape index (κ1) is 16.7. The summed E-state index contributed by atoms with van der Waals surface area (Å²) in [6.45, 7) is -0.240. The lowest BCUT2D eigenvalue weighted by Gasteiger charge is -2.34.